The van der Waals surface area contributed by atoms with Gasteiger partial charge in [-0.15, -0.1) is 0 Å². The maximum atomic E-state index is 11.8. The zero-order valence-corrected chi connectivity index (χ0v) is 14.1. The Morgan fingerprint density at radius 2 is 2.00 bits per heavy atom. The van der Waals surface area contributed by atoms with Gasteiger partial charge < -0.3 is 29.9 Å². The third-order valence-electron chi connectivity index (χ3n) is 3.32. The standard InChI is InChI=1S/C14H20N2O3.C2H2O4/c1-11(17)16(10-14-9-15-6-7-19-14)12-4-3-5-13(8-12)18-2;3-1(4)2(5)6/h3-5,8,14-15H,6-7,9-10H2,1-2H3;(H,3,4)(H,5,6). The number of carbonyl (C=O) groups is 3. The number of amides is 1. The summed E-state index contributed by atoms with van der Waals surface area (Å²) in [6.07, 6.45) is 0.0313. The van der Waals surface area contributed by atoms with Crippen molar-refractivity contribution >= 4 is 23.5 Å². The molecule has 9 heteroatoms. The number of hydrogen-bond donors (Lipinski definition) is 3. The average Bonchev–Trinajstić information content (AvgIpc) is 2.60. The van der Waals surface area contributed by atoms with Crippen LogP contribution in [0.2, 0.25) is 0 Å². The topological polar surface area (TPSA) is 125 Å². The van der Waals surface area contributed by atoms with Crippen LogP contribution in [-0.4, -0.2) is 67.5 Å². The number of nitrogens with one attached hydrogen (secondary N) is 1. The molecule has 1 fully saturated rings. The van der Waals surface area contributed by atoms with Gasteiger partial charge in [0.1, 0.15) is 5.75 Å². The van der Waals surface area contributed by atoms with Gasteiger partial charge in [-0.3, -0.25) is 4.79 Å². The summed E-state index contributed by atoms with van der Waals surface area (Å²) < 4.78 is 10.8. The van der Waals surface area contributed by atoms with Crippen molar-refractivity contribution in [1.29, 1.82) is 0 Å². The minimum atomic E-state index is -1.82. The zero-order chi connectivity index (χ0) is 18.8. The van der Waals surface area contributed by atoms with Crippen molar-refractivity contribution in [3.05, 3.63) is 24.3 Å². The molecule has 1 aromatic rings. The summed E-state index contributed by atoms with van der Waals surface area (Å²) in [5.74, 6) is -2.90. The molecule has 0 aliphatic carbocycles. The van der Waals surface area contributed by atoms with E-state index in [0.29, 0.717) is 13.2 Å². The van der Waals surface area contributed by atoms with Crippen molar-refractivity contribution in [2.24, 2.45) is 0 Å². The number of rotatable bonds is 4. The summed E-state index contributed by atoms with van der Waals surface area (Å²) in [4.78, 5) is 31.7. The second-order valence-electron chi connectivity index (χ2n) is 5.14. The van der Waals surface area contributed by atoms with E-state index in [0.717, 1.165) is 24.5 Å². The number of nitrogens with zero attached hydrogens (tertiary/aromatic N) is 1. The van der Waals surface area contributed by atoms with Gasteiger partial charge >= 0.3 is 11.9 Å². The molecule has 9 nitrogen and oxygen atoms in total. The van der Waals surface area contributed by atoms with Crippen molar-refractivity contribution in [3.8, 4) is 5.75 Å². The Balaban J connectivity index is 0.000000450. The molecular weight excluding hydrogens is 332 g/mol. The Morgan fingerprint density at radius 3 is 2.48 bits per heavy atom. The summed E-state index contributed by atoms with van der Waals surface area (Å²) in [5, 5.41) is 18.0. The van der Waals surface area contributed by atoms with Crippen LogP contribution in [0.5, 0.6) is 5.75 Å². The van der Waals surface area contributed by atoms with Crippen LogP contribution in [0.1, 0.15) is 6.92 Å². The Hall–Kier alpha value is -2.65. The van der Waals surface area contributed by atoms with E-state index in [9.17, 15) is 4.79 Å². The van der Waals surface area contributed by atoms with E-state index in [-0.39, 0.29) is 12.0 Å². The zero-order valence-electron chi connectivity index (χ0n) is 14.1. The van der Waals surface area contributed by atoms with Gasteiger partial charge in [0.05, 0.1) is 26.4 Å². The van der Waals surface area contributed by atoms with Crippen molar-refractivity contribution < 1.29 is 34.1 Å². The van der Waals surface area contributed by atoms with Crippen molar-refractivity contribution in [3.63, 3.8) is 0 Å². The maximum absolute atomic E-state index is 11.8. The van der Waals surface area contributed by atoms with E-state index in [4.69, 9.17) is 29.3 Å². The average molecular weight is 354 g/mol. The Labute approximate surface area is 145 Å². The van der Waals surface area contributed by atoms with Crippen LogP contribution in [0.25, 0.3) is 0 Å². The van der Waals surface area contributed by atoms with E-state index in [1.54, 1.807) is 18.9 Å². The molecule has 25 heavy (non-hydrogen) atoms. The van der Waals surface area contributed by atoms with E-state index in [1.165, 1.54) is 0 Å². The number of carbonyl (C=O) groups excluding carboxylic acids is 1. The lowest BCUT2D eigenvalue weighted by Crippen LogP contribution is -2.46. The Kier molecular flexibility index (Phi) is 8.37. The second kappa shape index (κ2) is 10.3. The van der Waals surface area contributed by atoms with Gasteiger partial charge in [-0.2, -0.15) is 0 Å². The summed E-state index contributed by atoms with van der Waals surface area (Å²) in [6, 6.07) is 7.50. The Morgan fingerprint density at radius 1 is 1.32 bits per heavy atom. The highest BCUT2D eigenvalue weighted by Crippen LogP contribution is 2.21. The van der Waals surface area contributed by atoms with Crippen molar-refractivity contribution in [2.75, 3.05) is 38.3 Å². The van der Waals surface area contributed by atoms with Gasteiger partial charge in [-0.05, 0) is 12.1 Å². The van der Waals surface area contributed by atoms with E-state index in [1.807, 2.05) is 24.3 Å². The van der Waals surface area contributed by atoms with E-state index in [2.05, 4.69) is 5.32 Å². The first kappa shape index (κ1) is 20.4. The number of benzene rings is 1. The van der Waals surface area contributed by atoms with Crippen LogP contribution in [0, 0.1) is 0 Å². The number of anilines is 1. The van der Waals surface area contributed by atoms with Gasteiger partial charge in [0.15, 0.2) is 0 Å². The van der Waals surface area contributed by atoms with Crippen LogP contribution < -0.4 is 15.0 Å². The molecule has 1 atom stereocenters. The molecule has 0 saturated carbocycles. The van der Waals surface area contributed by atoms with E-state index < -0.39 is 11.9 Å². The molecule has 1 aromatic carbocycles. The molecule has 138 valence electrons. The summed E-state index contributed by atoms with van der Waals surface area (Å²) in [6.45, 7) is 4.45. The Bertz CT molecular complexity index is 588. The molecule has 1 unspecified atom stereocenters. The normalized spacial score (nSPS) is 16.2. The summed E-state index contributed by atoms with van der Waals surface area (Å²) in [7, 11) is 1.62. The molecule has 3 N–H and O–H groups in total. The monoisotopic (exact) mass is 354 g/mol. The van der Waals surface area contributed by atoms with Crippen molar-refractivity contribution in [1.82, 2.24) is 5.32 Å². The van der Waals surface area contributed by atoms with Crippen molar-refractivity contribution in [2.45, 2.75) is 13.0 Å². The number of methoxy groups -OCH3 is 1. The molecule has 0 spiro atoms. The SMILES string of the molecule is COc1cccc(N(CC2CNCCO2)C(C)=O)c1.O=C(O)C(=O)O. The predicted octanol–water partition coefficient (Wildman–Crippen LogP) is 0.192. The molecule has 1 aliphatic rings. The molecule has 0 radical (unpaired) electrons. The molecule has 0 bridgehead atoms. The first-order valence-corrected chi connectivity index (χ1v) is 7.55. The third kappa shape index (κ3) is 7.19. The number of carboxylic acid groups (broad SMARTS) is 2. The lowest BCUT2D eigenvalue weighted by atomic mass is 10.2. The van der Waals surface area contributed by atoms with Crippen LogP contribution in [0.15, 0.2) is 24.3 Å². The molecule has 1 heterocycles. The van der Waals surface area contributed by atoms with Crippen LogP contribution >= 0.6 is 0 Å². The fourth-order valence-electron chi connectivity index (χ4n) is 2.13. The molecule has 1 amide bonds. The molecule has 1 aliphatic heterocycles. The number of aliphatic carboxylic acids is 2. The third-order valence-corrected chi connectivity index (χ3v) is 3.32. The highest BCUT2D eigenvalue weighted by Gasteiger charge is 2.20. The smallest absolute Gasteiger partial charge is 0.414 e. The number of morpholine rings is 1. The summed E-state index contributed by atoms with van der Waals surface area (Å²) >= 11 is 0. The number of ether oxygens (including phenoxy) is 2. The highest BCUT2D eigenvalue weighted by atomic mass is 16.5. The summed E-state index contributed by atoms with van der Waals surface area (Å²) in [5.41, 5.74) is 0.834. The molecule has 1 saturated heterocycles. The largest absolute Gasteiger partial charge is 0.497 e. The van der Waals surface area contributed by atoms with E-state index >= 15 is 0 Å². The first-order chi connectivity index (χ1) is 11.8. The van der Waals surface area contributed by atoms with Gasteiger partial charge in [0, 0.05) is 31.8 Å². The van der Waals surface area contributed by atoms with Gasteiger partial charge in [-0.25, -0.2) is 9.59 Å². The quantitative estimate of drug-likeness (QED) is 0.655. The number of carboxylic acids is 2. The number of hydrogen-bond acceptors (Lipinski definition) is 6. The van der Waals surface area contributed by atoms with Gasteiger partial charge in [-0.1, -0.05) is 6.07 Å². The maximum Gasteiger partial charge on any atom is 0.414 e. The van der Waals surface area contributed by atoms with Crippen LogP contribution in [0.4, 0.5) is 5.69 Å². The minimum Gasteiger partial charge on any atom is -0.497 e. The van der Waals surface area contributed by atoms with Gasteiger partial charge in [0.25, 0.3) is 0 Å². The first-order valence-electron chi connectivity index (χ1n) is 7.55. The lowest BCUT2D eigenvalue weighted by molar-refractivity contribution is -0.159. The van der Waals surface area contributed by atoms with Gasteiger partial charge in [0.2, 0.25) is 5.91 Å². The lowest BCUT2D eigenvalue weighted by Gasteiger charge is -2.30. The fourth-order valence-corrected chi connectivity index (χ4v) is 2.13. The highest BCUT2D eigenvalue weighted by molar-refractivity contribution is 6.27. The molecule has 0 aromatic heterocycles. The molecular formula is C16H22N2O7. The predicted molar refractivity (Wildman–Crippen MR) is 88.9 cm³/mol. The van der Waals surface area contributed by atoms with Crippen LogP contribution in [-0.2, 0) is 19.1 Å². The molecule has 2 rings (SSSR count). The van der Waals surface area contributed by atoms with Crippen LogP contribution in [0.3, 0.4) is 0 Å². The minimum absolute atomic E-state index is 0.00225. The second-order valence-corrected chi connectivity index (χ2v) is 5.14. The fraction of sp³-hybridized carbons (Fsp3) is 0.438.